The van der Waals surface area contributed by atoms with Crippen LogP contribution in [0.1, 0.15) is 0 Å². The van der Waals surface area contributed by atoms with Crippen molar-refractivity contribution in [3.63, 3.8) is 0 Å². The number of nitrogens with zero attached hydrogens (tertiary/aromatic N) is 4. The van der Waals surface area contributed by atoms with Crippen molar-refractivity contribution in [1.29, 1.82) is 0 Å². The van der Waals surface area contributed by atoms with Crippen LogP contribution in [-0.4, -0.2) is 19.9 Å². The van der Waals surface area contributed by atoms with Crippen molar-refractivity contribution in [3.05, 3.63) is 182 Å². The molecule has 0 aliphatic rings. The highest BCUT2D eigenvalue weighted by molar-refractivity contribution is 7.26. The van der Waals surface area contributed by atoms with Gasteiger partial charge in [0.1, 0.15) is 0 Å². The highest BCUT2D eigenvalue weighted by Gasteiger charge is 2.17. The van der Waals surface area contributed by atoms with E-state index in [1.54, 1.807) is 12.4 Å². The fourth-order valence-electron chi connectivity index (χ4n) is 7.20. The first kappa shape index (κ1) is 31.0. The van der Waals surface area contributed by atoms with Gasteiger partial charge in [0.25, 0.3) is 0 Å². The number of aromatic nitrogens is 4. The molecule has 0 unspecified atom stereocenters. The van der Waals surface area contributed by atoms with E-state index in [0.717, 1.165) is 72.9 Å². The Morgan fingerprint density at radius 2 is 0.925 bits per heavy atom. The van der Waals surface area contributed by atoms with Crippen LogP contribution in [0.25, 0.3) is 98.5 Å². The lowest BCUT2D eigenvalue weighted by molar-refractivity contribution is 1.22. The van der Waals surface area contributed by atoms with Crippen molar-refractivity contribution in [2.75, 3.05) is 0 Å². The van der Waals surface area contributed by atoms with E-state index in [1.807, 2.05) is 47.7 Å². The molecule has 5 heteroatoms. The van der Waals surface area contributed by atoms with Gasteiger partial charge in [0, 0.05) is 38.8 Å². The van der Waals surface area contributed by atoms with Gasteiger partial charge in [-0.15, -0.1) is 11.3 Å². The lowest BCUT2D eigenvalue weighted by Gasteiger charge is -2.12. The third-order valence-corrected chi connectivity index (χ3v) is 10.9. The zero-order chi connectivity index (χ0) is 35.1. The summed E-state index contributed by atoms with van der Waals surface area (Å²) in [5.41, 5.74) is 13.2. The summed E-state index contributed by atoms with van der Waals surface area (Å²) in [5.74, 6) is 0. The molecule has 5 aromatic carbocycles. The van der Waals surface area contributed by atoms with Gasteiger partial charge in [-0.25, -0.2) is 9.97 Å². The molecule has 4 nitrogen and oxygen atoms in total. The van der Waals surface area contributed by atoms with E-state index >= 15 is 0 Å². The molecular weight excluding hydrogens is 665 g/mol. The van der Waals surface area contributed by atoms with Crippen LogP contribution in [0.15, 0.2) is 182 Å². The third kappa shape index (κ3) is 5.74. The molecule has 0 atom stereocenters. The Bertz CT molecular complexity index is 2880. The van der Waals surface area contributed by atoms with Crippen LogP contribution in [0, 0.1) is 0 Å². The molecule has 0 saturated carbocycles. The van der Waals surface area contributed by atoms with Crippen LogP contribution in [0.2, 0.25) is 0 Å². The molecule has 0 fully saturated rings. The van der Waals surface area contributed by atoms with Gasteiger partial charge in [-0.1, -0.05) is 103 Å². The van der Waals surface area contributed by atoms with Gasteiger partial charge in [-0.3, -0.25) is 9.97 Å². The monoisotopic (exact) mass is 694 g/mol. The molecule has 0 bridgehead atoms. The van der Waals surface area contributed by atoms with E-state index in [1.165, 1.54) is 25.6 Å². The van der Waals surface area contributed by atoms with Crippen LogP contribution in [0.5, 0.6) is 0 Å². The Morgan fingerprint density at radius 1 is 0.358 bits per heavy atom. The molecule has 5 aromatic heterocycles. The molecule has 0 amide bonds. The molecule has 0 saturated heterocycles. The summed E-state index contributed by atoms with van der Waals surface area (Å²) < 4.78 is 2.50. The Morgan fingerprint density at radius 3 is 1.57 bits per heavy atom. The second kappa shape index (κ2) is 13.1. The highest BCUT2D eigenvalue weighted by atomic mass is 32.1. The zero-order valence-electron chi connectivity index (χ0n) is 28.5. The summed E-state index contributed by atoms with van der Waals surface area (Å²) in [7, 11) is 0. The van der Waals surface area contributed by atoms with E-state index < -0.39 is 0 Å². The van der Waals surface area contributed by atoms with E-state index in [0.29, 0.717) is 0 Å². The summed E-state index contributed by atoms with van der Waals surface area (Å²) in [4.78, 5) is 19.4. The molecule has 5 heterocycles. The molecule has 10 aromatic rings. The summed E-state index contributed by atoms with van der Waals surface area (Å²) in [5, 5.41) is 3.72. The number of thiophene rings is 1. The van der Waals surface area contributed by atoms with Crippen LogP contribution < -0.4 is 0 Å². The second-order valence-corrected chi connectivity index (χ2v) is 14.1. The van der Waals surface area contributed by atoms with Crippen molar-refractivity contribution in [1.82, 2.24) is 19.9 Å². The van der Waals surface area contributed by atoms with E-state index in [2.05, 4.69) is 143 Å². The zero-order valence-corrected chi connectivity index (χ0v) is 29.3. The third-order valence-electron chi connectivity index (χ3n) is 9.76. The van der Waals surface area contributed by atoms with Gasteiger partial charge >= 0.3 is 0 Å². The fraction of sp³-hybridized carbons (Fsp3) is 0. The smallest absolute Gasteiger partial charge is 0.0900 e. The quantitative estimate of drug-likeness (QED) is 0.174. The number of rotatable bonds is 6. The molecule has 0 aliphatic heterocycles. The standard InChI is InChI=1S/C48H30N4S/c1-2-12-31(13-3-1)47-48-46(38-18-4-5-21-45(38)53-48)39-28-36(22-23-40(39)52-47)34-16-10-14-32(26-34)33-15-11-17-35(27-33)37-29-43(41-19-6-8-24-49-41)51-44(30-37)42-20-7-9-25-50-42/h1-30H. The Labute approximate surface area is 310 Å². The molecule has 53 heavy (non-hydrogen) atoms. The van der Waals surface area contributed by atoms with Gasteiger partial charge in [0.05, 0.1) is 38.7 Å². The van der Waals surface area contributed by atoms with Crippen LogP contribution in [0.3, 0.4) is 0 Å². The fourth-order valence-corrected chi connectivity index (χ4v) is 8.43. The number of pyridine rings is 4. The Balaban J connectivity index is 1.07. The number of hydrogen-bond acceptors (Lipinski definition) is 5. The van der Waals surface area contributed by atoms with Gasteiger partial charge < -0.3 is 0 Å². The molecule has 0 N–H and O–H groups in total. The predicted molar refractivity (Wildman–Crippen MR) is 221 cm³/mol. The summed E-state index contributed by atoms with van der Waals surface area (Å²) in [6, 6.07) is 59.5. The maximum absolute atomic E-state index is 5.26. The first-order chi connectivity index (χ1) is 26.2. The van der Waals surface area contributed by atoms with Crippen LogP contribution >= 0.6 is 11.3 Å². The minimum Gasteiger partial charge on any atom is -0.255 e. The Hall–Kier alpha value is -6.82. The minimum absolute atomic E-state index is 0.811. The van der Waals surface area contributed by atoms with Gasteiger partial charge in [0.2, 0.25) is 0 Å². The molecule has 10 rings (SSSR count). The van der Waals surface area contributed by atoms with Gasteiger partial charge in [-0.2, -0.15) is 0 Å². The second-order valence-electron chi connectivity index (χ2n) is 13.1. The maximum atomic E-state index is 5.26. The SMILES string of the molecule is c1ccc(-c2nc3ccc(-c4cccc(-c5cccc(-c6cc(-c7ccccn7)nc(-c7ccccn7)c6)c5)c4)cc3c3c2sc2ccccc23)cc1. The van der Waals surface area contributed by atoms with Gasteiger partial charge in [0.15, 0.2) is 0 Å². The van der Waals surface area contributed by atoms with Crippen molar-refractivity contribution in [2.45, 2.75) is 0 Å². The molecule has 0 aliphatic carbocycles. The predicted octanol–water partition coefficient (Wildman–Crippen LogP) is 12.8. The highest BCUT2D eigenvalue weighted by Crippen LogP contribution is 2.43. The summed E-state index contributed by atoms with van der Waals surface area (Å²) in [6.45, 7) is 0. The molecule has 0 radical (unpaired) electrons. The van der Waals surface area contributed by atoms with Crippen molar-refractivity contribution < 1.29 is 0 Å². The number of hydrogen-bond donors (Lipinski definition) is 0. The summed E-state index contributed by atoms with van der Waals surface area (Å²) in [6.07, 6.45) is 3.61. The lowest BCUT2D eigenvalue weighted by atomic mass is 9.94. The molecule has 248 valence electrons. The van der Waals surface area contributed by atoms with Crippen molar-refractivity contribution in [2.24, 2.45) is 0 Å². The number of benzene rings is 5. The first-order valence-corrected chi connectivity index (χ1v) is 18.4. The minimum atomic E-state index is 0.811. The van der Waals surface area contributed by atoms with E-state index in [4.69, 9.17) is 9.97 Å². The first-order valence-electron chi connectivity index (χ1n) is 17.6. The number of fused-ring (bicyclic) bond motifs is 5. The maximum Gasteiger partial charge on any atom is 0.0900 e. The Kier molecular flexibility index (Phi) is 7.63. The average Bonchev–Trinajstić information content (AvgIpc) is 3.64. The largest absolute Gasteiger partial charge is 0.255 e. The van der Waals surface area contributed by atoms with E-state index in [9.17, 15) is 0 Å². The molecular formula is C48H30N4S. The van der Waals surface area contributed by atoms with Crippen LogP contribution in [-0.2, 0) is 0 Å². The normalized spacial score (nSPS) is 11.4. The lowest BCUT2D eigenvalue weighted by Crippen LogP contribution is -1.94. The van der Waals surface area contributed by atoms with Crippen molar-refractivity contribution in [3.8, 4) is 67.4 Å². The van der Waals surface area contributed by atoms with Gasteiger partial charge in [-0.05, 0) is 100 Å². The van der Waals surface area contributed by atoms with E-state index in [-0.39, 0.29) is 0 Å². The summed E-state index contributed by atoms with van der Waals surface area (Å²) >= 11 is 1.82. The average molecular weight is 695 g/mol. The van der Waals surface area contributed by atoms with Crippen LogP contribution in [0.4, 0.5) is 0 Å². The molecule has 0 spiro atoms. The topological polar surface area (TPSA) is 51.6 Å². The van der Waals surface area contributed by atoms with Crippen molar-refractivity contribution >= 4 is 42.4 Å².